The molecule has 1 aliphatic heterocycles. The van der Waals surface area contributed by atoms with Gasteiger partial charge in [-0.3, -0.25) is 4.98 Å². The largest absolute Gasteiger partial charge is 0.478 e. The Hall–Kier alpha value is -2.40. The number of pyridine rings is 1. The van der Waals surface area contributed by atoms with Crippen LogP contribution in [0.1, 0.15) is 41.7 Å². The molecule has 5 heteroatoms. The molecule has 1 aromatic carbocycles. The Morgan fingerprint density at radius 1 is 1.17 bits per heavy atom. The predicted molar refractivity (Wildman–Crippen MR) is 88.1 cm³/mol. The number of carbonyl (C=O) groups is 1. The highest BCUT2D eigenvalue weighted by molar-refractivity contribution is 5.89. The van der Waals surface area contributed by atoms with E-state index in [1.807, 2.05) is 24.4 Å². The zero-order valence-electron chi connectivity index (χ0n) is 12.8. The summed E-state index contributed by atoms with van der Waals surface area (Å²) in [7, 11) is 0. The number of benzene rings is 1. The van der Waals surface area contributed by atoms with Crippen molar-refractivity contribution in [2.75, 3.05) is 5.43 Å². The SMILES string of the molecule is O=C(O)c1ccc(-c2ccnc3c2NN(C2CCCC2)C3)cc1. The van der Waals surface area contributed by atoms with E-state index in [9.17, 15) is 4.79 Å². The van der Waals surface area contributed by atoms with Crippen LogP contribution in [0.3, 0.4) is 0 Å². The third-order valence-electron chi connectivity index (χ3n) is 4.81. The molecule has 118 valence electrons. The van der Waals surface area contributed by atoms with E-state index in [0.717, 1.165) is 29.1 Å². The fourth-order valence-corrected chi connectivity index (χ4v) is 3.56. The summed E-state index contributed by atoms with van der Waals surface area (Å²) < 4.78 is 0. The Balaban J connectivity index is 1.64. The summed E-state index contributed by atoms with van der Waals surface area (Å²) in [6, 6.07) is 9.59. The maximum absolute atomic E-state index is 11.0. The zero-order chi connectivity index (χ0) is 15.8. The monoisotopic (exact) mass is 309 g/mol. The van der Waals surface area contributed by atoms with Gasteiger partial charge in [0.05, 0.1) is 23.5 Å². The summed E-state index contributed by atoms with van der Waals surface area (Å²) in [4.78, 5) is 15.5. The van der Waals surface area contributed by atoms with Crippen molar-refractivity contribution in [3.8, 4) is 11.1 Å². The highest BCUT2D eigenvalue weighted by atomic mass is 16.4. The molecule has 1 fully saturated rings. The van der Waals surface area contributed by atoms with Gasteiger partial charge in [0, 0.05) is 17.8 Å². The third-order valence-corrected chi connectivity index (χ3v) is 4.81. The van der Waals surface area contributed by atoms with E-state index in [1.165, 1.54) is 25.7 Å². The van der Waals surface area contributed by atoms with Gasteiger partial charge in [0.2, 0.25) is 0 Å². The van der Waals surface area contributed by atoms with Crippen molar-refractivity contribution in [3.05, 3.63) is 47.8 Å². The fourth-order valence-electron chi connectivity index (χ4n) is 3.56. The number of hydrogen-bond donors (Lipinski definition) is 2. The van der Waals surface area contributed by atoms with Crippen molar-refractivity contribution in [1.82, 2.24) is 9.99 Å². The molecule has 0 unspecified atom stereocenters. The van der Waals surface area contributed by atoms with Crippen LogP contribution in [-0.4, -0.2) is 27.1 Å². The summed E-state index contributed by atoms with van der Waals surface area (Å²) in [6.07, 6.45) is 6.92. The molecule has 0 saturated heterocycles. The molecule has 2 N–H and O–H groups in total. The van der Waals surface area contributed by atoms with Crippen molar-refractivity contribution in [3.63, 3.8) is 0 Å². The molecule has 2 aromatic rings. The first-order chi connectivity index (χ1) is 11.2. The molecule has 0 radical (unpaired) electrons. The van der Waals surface area contributed by atoms with Crippen molar-refractivity contribution >= 4 is 11.7 Å². The van der Waals surface area contributed by atoms with E-state index in [1.54, 1.807) is 12.1 Å². The second-order valence-corrected chi connectivity index (χ2v) is 6.24. The van der Waals surface area contributed by atoms with Crippen LogP contribution >= 0.6 is 0 Å². The van der Waals surface area contributed by atoms with Crippen LogP contribution < -0.4 is 5.43 Å². The Labute approximate surface area is 134 Å². The number of carboxylic acids is 1. The Bertz CT molecular complexity index is 736. The number of aromatic carboxylic acids is 1. The lowest BCUT2D eigenvalue weighted by molar-refractivity contribution is 0.0697. The highest BCUT2D eigenvalue weighted by Crippen LogP contribution is 2.37. The molecule has 23 heavy (non-hydrogen) atoms. The maximum Gasteiger partial charge on any atom is 0.335 e. The van der Waals surface area contributed by atoms with Gasteiger partial charge in [-0.1, -0.05) is 25.0 Å². The average Bonchev–Trinajstić information content (AvgIpc) is 3.23. The van der Waals surface area contributed by atoms with Crippen molar-refractivity contribution in [1.29, 1.82) is 0 Å². The van der Waals surface area contributed by atoms with Gasteiger partial charge in [-0.05, 0) is 36.6 Å². The quantitative estimate of drug-likeness (QED) is 0.908. The lowest BCUT2D eigenvalue weighted by Crippen LogP contribution is -2.33. The molecule has 0 bridgehead atoms. The molecule has 0 spiro atoms. The van der Waals surface area contributed by atoms with Gasteiger partial charge in [-0.15, -0.1) is 0 Å². The van der Waals surface area contributed by atoms with E-state index in [4.69, 9.17) is 5.11 Å². The van der Waals surface area contributed by atoms with Gasteiger partial charge in [0.25, 0.3) is 0 Å². The van der Waals surface area contributed by atoms with Gasteiger partial charge >= 0.3 is 5.97 Å². The normalized spacial score (nSPS) is 17.9. The molecule has 0 atom stereocenters. The summed E-state index contributed by atoms with van der Waals surface area (Å²) in [5.74, 6) is -0.901. The van der Waals surface area contributed by atoms with Crippen LogP contribution in [0.25, 0.3) is 11.1 Å². The number of hydrogen-bond acceptors (Lipinski definition) is 4. The number of anilines is 1. The average molecular weight is 309 g/mol. The van der Waals surface area contributed by atoms with Gasteiger partial charge < -0.3 is 10.5 Å². The van der Waals surface area contributed by atoms with Crippen LogP contribution in [-0.2, 0) is 6.54 Å². The van der Waals surface area contributed by atoms with E-state index in [-0.39, 0.29) is 0 Å². The minimum atomic E-state index is -0.901. The first-order valence-electron chi connectivity index (χ1n) is 8.07. The van der Waals surface area contributed by atoms with Crippen LogP contribution in [0.2, 0.25) is 0 Å². The van der Waals surface area contributed by atoms with Crippen LogP contribution in [0.15, 0.2) is 36.5 Å². The minimum absolute atomic E-state index is 0.306. The predicted octanol–water partition coefficient (Wildman–Crippen LogP) is 3.53. The number of fused-ring (bicyclic) bond motifs is 1. The fraction of sp³-hybridized carbons (Fsp3) is 0.333. The van der Waals surface area contributed by atoms with E-state index < -0.39 is 5.97 Å². The first-order valence-corrected chi connectivity index (χ1v) is 8.07. The Morgan fingerprint density at radius 2 is 1.91 bits per heavy atom. The summed E-state index contributed by atoms with van der Waals surface area (Å²) in [5, 5.41) is 11.3. The van der Waals surface area contributed by atoms with Gasteiger partial charge in [0.1, 0.15) is 0 Å². The van der Waals surface area contributed by atoms with Gasteiger partial charge in [0.15, 0.2) is 0 Å². The number of nitrogens with one attached hydrogen (secondary N) is 1. The molecule has 1 aromatic heterocycles. The number of rotatable bonds is 3. The molecular formula is C18H19N3O2. The van der Waals surface area contributed by atoms with Crippen LogP contribution in [0.4, 0.5) is 5.69 Å². The Kier molecular flexibility index (Phi) is 3.50. The van der Waals surface area contributed by atoms with E-state index in [0.29, 0.717) is 11.6 Å². The topological polar surface area (TPSA) is 65.5 Å². The van der Waals surface area contributed by atoms with Crippen molar-refractivity contribution < 1.29 is 9.90 Å². The number of carboxylic acid groups (broad SMARTS) is 1. The van der Waals surface area contributed by atoms with Gasteiger partial charge in [-0.2, -0.15) is 0 Å². The Morgan fingerprint density at radius 3 is 2.61 bits per heavy atom. The van der Waals surface area contributed by atoms with Crippen molar-refractivity contribution in [2.45, 2.75) is 38.3 Å². The number of hydrazine groups is 1. The number of nitrogens with zero attached hydrogens (tertiary/aromatic N) is 2. The molecule has 4 rings (SSSR count). The van der Waals surface area contributed by atoms with Crippen LogP contribution in [0.5, 0.6) is 0 Å². The second-order valence-electron chi connectivity index (χ2n) is 6.24. The molecule has 2 aliphatic rings. The third kappa shape index (κ3) is 2.57. The molecule has 5 nitrogen and oxygen atoms in total. The van der Waals surface area contributed by atoms with Gasteiger partial charge in [-0.25, -0.2) is 9.80 Å². The number of aromatic nitrogens is 1. The highest BCUT2D eigenvalue weighted by Gasteiger charge is 2.30. The van der Waals surface area contributed by atoms with Crippen LogP contribution in [0, 0.1) is 0 Å². The van der Waals surface area contributed by atoms with E-state index in [2.05, 4.69) is 15.4 Å². The standard InChI is InChI=1S/C18H19N3O2/c22-18(23)13-7-5-12(6-8-13)15-9-10-19-16-11-21(20-17(15)16)14-3-1-2-4-14/h5-10,14,20H,1-4,11H2,(H,22,23). The van der Waals surface area contributed by atoms with Crippen molar-refractivity contribution in [2.24, 2.45) is 0 Å². The second kappa shape index (κ2) is 5.66. The first kappa shape index (κ1) is 14.2. The maximum atomic E-state index is 11.0. The zero-order valence-corrected chi connectivity index (χ0v) is 12.8. The lowest BCUT2D eigenvalue weighted by Gasteiger charge is -2.23. The molecule has 0 amide bonds. The summed E-state index contributed by atoms with van der Waals surface area (Å²) in [5.41, 5.74) is 8.05. The summed E-state index contributed by atoms with van der Waals surface area (Å²) >= 11 is 0. The van der Waals surface area contributed by atoms with E-state index >= 15 is 0 Å². The lowest BCUT2D eigenvalue weighted by atomic mass is 10.0. The molecule has 1 saturated carbocycles. The molecular weight excluding hydrogens is 290 g/mol. The molecule has 2 heterocycles. The minimum Gasteiger partial charge on any atom is -0.478 e. The summed E-state index contributed by atoms with van der Waals surface area (Å²) in [6.45, 7) is 0.834. The smallest absolute Gasteiger partial charge is 0.335 e. The molecule has 1 aliphatic carbocycles.